The first kappa shape index (κ1) is 18.7. The predicted octanol–water partition coefficient (Wildman–Crippen LogP) is 3.57. The Labute approximate surface area is 162 Å². The van der Waals surface area contributed by atoms with E-state index >= 15 is 0 Å². The van der Waals surface area contributed by atoms with Crippen LogP contribution >= 0.6 is 23.4 Å². The Kier molecular flexibility index (Phi) is 5.06. The van der Waals surface area contributed by atoms with Crippen LogP contribution in [0.2, 0.25) is 5.02 Å². The second-order valence-electron chi connectivity index (χ2n) is 5.30. The summed E-state index contributed by atoms with van der Waals surface area (Å²) in [6.07, 6.45) is 1.29. The standard InChI is InChI=1S/C17H11ClN2O6S/c1-26-13-7-9(6-12(15(13)21)20(24)25)8-14-16(22)19(17(23)27-14)11-5-3-2-4-10(11)18/h2-8,21H,1H3/p-1/b14-8-. The highest BCUT2D eigenvalue weighted by Crippen LogP contribution is 2.40. The average Bonchev–Trinajstić information content (AvgIpc) is 2.90. The molecule has 3 rings (SSSR count). The highest BCUT2D eigenvalue weighted by atomic mass is 35.5. The summed E-state index contributed by atoms with van der Waals surface area (Å²) < 4.78 is 4.86. The van der Waals surface area contributed by atoms with Crippen molar-refractivity contribution in [1.82, 2.24) is 0 Å². The van der Waals surface area contributed by atoms with Gasteiger partial charge in [-0.15, -0.1) is 0 Å². The van der Waals surface area contributed by atoms with Crippen LogP contribution < -0.4 is 14.7 Å². The Morgan fingerprint density at radius 1 is 1.26 bits per heavy atom. The molecule has 138 valence electrons. The molecule has 0 spiro atoms. The number of carbonyl (C=O) groups excluding carboxylic acids is 2. The average molecular weight is 406 g/mol. The first-order chi connectivity index (χ1) is 12.8. The lowest BCUT2D eigenvalue weighted by Gasteiger charge is -2.14. The maximum absolute atomic E-state index is 12.6. The minimum absolute atomic E-state index is 0.0370. The van der Waals surface area contributed by atoms with E-state index in [-0.39, 0.29) is 26.9 Å². The van der Waals surface area contributed by atoms with Gasteiger partial charge in [0.1, 0.15) is 5.75 Å². The SMILES string of the molecule is COc1cc(/C=C2\SC(=O)N(c3ccccc3Cl)C2=O)cc([N+](=O)[O-])c1[O-]. The summed E-state index contributed by atoms with van der Waals surface area (Å²) in [6.45, 7) is 0. The van der Waals surface area contributed by atoms with Crippen LogP contribution in [0.3, 0.4) is 0 Å². The van der Waals surface area contributed by atoms with Crippen molar-refractivity contribution in [3.63, 3.8) is 0 Å². The van der Waals surface area contributed by atoms with Gasteiger partial charge < -0.3 is 9.84 Å². The number of nitrogens with zero attached hydrogens (tertiary/aromatic N) is 2. The molecule has 0 saturated carbocycles. The Hall–Kier alpha value is -3.04. The molecular weight excluding hydrogens is 396 g/mol. The highest BCUT2D eigenvalue weighted by molar-refractivity contribution is 8.19. The molecule has 2 aromatic rings. The summed E-state index contributed by atoms with van der Waals surface area (Å²) in [6, 6.07) is 8.66. The molecule has 1 aliphatic rings. The number of carbonyl (C=O) groups is 2. The second kappa shape index (κ2) is 7.29. The zero-order chi connectivity index (χ0) is 19.7. The van der Waals surface area contributed by atoms with Gasteiger partial charge in [-0.05, 0) is 41.6 Å². The number of hydrogen-bond donors (Lipinski definition) is 0. The first-order valence-electron chi connectivity index (χ1n) is 7.39. The summed E-state index contributed by atoms with van der Waals surface area (Å²) >= 11 is 6.72. The normalized spacial score (nSPS) is 15.5. The molecule has 1 heterocycles. The zero-order valence-electron chi connectivity index (χ0n) is 13.7. The number of rotatable bonds is 4. The fourth-order valence-corrected chi connectivity index (χ4v) is 3.49. The minimum Gasteiger partial charge on any atom is -0.865 e. The molecule has 2 aromatic carbocycles. The van der Waals surface area contributed by atoms with Gasteiger partial charge in [0.05, 0.1) is 27.6 Å². The van der Waals surface area contributed by atoms with Gasteiger partial charge in [-0.1, -0.05) is 23.7 Å². The molecule has 0 radical (unpaired) electrons. The zero-order valence-corrected chi connectivity index (χ0v) is 15.2. The molecule has 0 aromatic heterocycles. The number of amides is 2. The Balaban J connectivity index is 2.03. The maximum Gasteiger partial charge on any atom is 0.298 e. The number of methoxy groups -OCH3 is 1. The van der Waals surface area contributed by atoms with E-state index in [1.807, 2.05) is 0 Å². The second-order valence-corrected chi connectivity index (χ2v) is 6.70. The summed E-state index contributed by atoms with van der Waals surface area (Å²) in [5.41, 5.74) is -0.266. The smallest absolute Gasteiger partial charge is 0.298 e. The van der Waals surface area contributed by atoms with E-state index < -0.39 is 27.5 Å². The molecule has 0 atom stereocenters. The van der Waals surface area contributed by atoms with Gasteiger partial charge in [-0.3, -0.25) is 19.7 Å². The van der Waals surface area contributed by atoms with Crippen LogP contribution in [0.1, 0.15) is 5.56 Å². The van der Waals surface area contributed by atoms with Gasteiger partial charge in [0.15, 0.2) is 0 Å². The molecule has 0 bridgehead atoms. The van der Waals surface area contributed by atoms with Crippen LogP contribution in [0.4, 0.5) is 16.2 Å². The third-order valence-corrected chi connectivity index (χ3v) is 4.85. The number of ether oxygens (including phenoxy) is 1. The van der Waals surface area contributed by atoms with Crippen molar-refractivity contribution >= 4 is 52.0 Å². The third kappa shape index (κ3) is 3.46. The van der Waals surface area contributed by atoms with Crippen LogP contribution in [-0.4, -0.2) is 23.2 Å². The number of hydrogen-bond acceptors (Lipinski definition) is 7. The van der Waals surface area contributed by atoms with Gasteiger partial charge in [0, 0.05) is 11.8 Å². The molecule has 10 heteroatoms. The van der Waals surface area contributed by atoms with E-state index in [1.54, 1.807) is 18.2 Å². The Bertz CT molecular complexity index is 1010. The molecule has 8 nitrogen and oxygen atoms in total. The molecule has 1 aliphatic heterocycles. The number of halogens is 1. The monoisotopic (exact) mass is 405 g/mol. The van der Waals surface area contributed by atoms with E-state index in [4.69, 9.17) is 16.3 Å². The number of anilines is 1. The van der Waals surface area contributed by atoms with Crippen molar-refractivity contribution in [2.45, 2.75) is 0 Å². The molecule has 0 aliphatic carbocycles. The van der Waals surface area contributed by atoms with Gasteiger partial charge in [0.25, 0.3) is 16.8 Å². The van der Waals surface area contributed by atoms with Crippen molar-refractivity contribution in [1.29, 1.82) is 0 Å². The minimum atomic E-state index is -0.871. The lowest BCUT2D eigenvalue weighted by Crippen LogP contribution is -2.27. The van der Waals surface area contributed by atoms with Gasteiger partial charge in [-0.2, -0.15) is 0 Å². The Morgan fingerprint density at radius 3 is 2.59 bits per heavy atom. The van der Waals surface area contributed by atoms with E-state index in [9.17, 15) is 24.8 Å². The van der Waals surface area contributed by atoms with E-state index in [0.29, 0.717) is 11.8 Å². The van der Waals surface area contributed by atoms with E-state index in [2.05, 4.69) is 0 Å². The van der Waals surface area contributed by atoms with Crippen LogP contribution in [0.15, 0.2) is 41.3 Å². The van der Waals surface area contributed by atoms with Gasteiger partial charge >= 0.3 is 0 Å². The fraction of sp³-hybridized carbons (Fsp3) is 0.0588. The molecule has 2 amide bonds. The van der Waals surface area contributed by atoms with Crippen LogP contribution in [0.5, 0.6) is 11.5 Å². The molecule has 0 N–H and O–H groups in total. The lowest BCUT2D eigenvalue weighted by atomic mass is 10.1. The number of nitro groups is 1. The van der Waals surface area contributed by atoms with Crippen molar-refractivity contribution in [2.24, 2.45) is 0 Å². The molecule has 0 unspecified atom stereocenters. The van der Waals surface area contributed by atoms with Crippen LogP contribution in [-0.2, 0) is 4.79 Å². The summed E-state index contributed by atoms with van der Waals surface area (Å²) in [4.78, 5) is 36.1. The van der Waals surface area contributed by atoms with Gasteiger partial charge in [0.2, 0.25) is 0 Å². The number of benzene rings is 2. The van der Waals surface area contributed by atoms with Crippen LogP contribution in [0, 0.1) is 10.1 Å². The number of nitro benzene ring substituents is 1. The van der Waals surface area contributed by atoms with Crippen molar-refractivity contribution < 1.29 is 24.4 Å². The van der Waals surface area contributed by atoms with Crippen molar-refractivity contribution in [2.75, 3.05) is 12.0 Å². The number of thioether (sulfide) groups is 1. The fourth-order valence-electron chi connectivity index (χ4n) is 2.44. The maximum atomic E-state index is 12.6. The quantitative estimate of drug-likeness (QED) is 0.434. The largest absolute Gasteiger partial charge is 0.865 e. The summed E-state index contributed by atoms with van der Waals surface area (Å²) in [5, 5.41) is 22.6. The Morgan fingerprint density at radius 2 is 1.96 bits per heavy atom. The lowest BCUT2D eigenvalue weighted by molar-refractivity contribution is -0.398. The van der Waals surface area contributed by atoms with Crippen molar-refractivity contribution in [3.8, 4) is 11.5 Å². The van der Waals surface area contributed by atoms with Gasteiger partial charge in [-0.25, -0.2) is 4.90 Å². The highest BCUT2D eigenvalue weighted by Gasteiger charge is 2.37. The topological polar surface area (TPSA) is 113 Å². The molecule has 27 heavy (non-hydrogen) atoms. The first-order valence-corrected chi connectivity index (χ1v) is 8.59. The summed E-state index contributed by atoms with van der Waals surface area (Å²) in [7, 11) is 1.20. The predicted molar refractivity (Wildman–Crippen MR) is 99.0 cm³/mol. The molecule has 1 saturated heterocycles. The number of imide groups is 1. The summed E-state index contributed by atoms with van der Waals surface area (Å²) in [5.74, 6) is -1.73. The number of para-hydroxylation sites is 1. The van der Waals surface area contributed by atoms with E-state index in [1.165, 1.54) is 25.3 Å². The van der Waals surface area contributed by atoms with E-state index in [0.717, 1.165) is 11.0 Å². The van der Waals surface area contributed by atoms with Crippen LogP contribution in [0.25, 0.3) is 6.08 Å². The molecule has 1 fully saturated rings. The van der Waals surface area contributed by atoms with Crippen molar-refractivity contribution in [3.05, 3.63) is 62.0 Å². The third-order valence-electron chi connectivity index (χ3n) is 3.66. The molecular formula is C17H10ClN2O6S-.